The maximum atomic E-state index is 9.20. The number of aryl methyl sites for hydroxylation is 2. The fourth-order valence-electron chi connectivity index (χ4n) is 3.19. The molecule has 0 heterocycles. The molecule has 0 aliphatic heterocycles. The van der Waals surface area contributed by atoms with Crippen molar-refractivity contribution in [1.29, 1.82) is 0 Å². The zero-order chi connectivity index (χ0) is 20.5. The molecule has 0 aliphatic carbocycles. The van der Waals surface area contributed by atoms with Crippen molar-refractivity contribution in [3.63, 3.8) is 0 Å². The van der Waals surface area contributed by atoms with E-state index in [-0.39, 0.29) is 13.2 Å². The second-order valence-corrected chi connectivity index (χ2v) is 6.75. The number of azo groups is 1. The standard InChI is InChI=1S/C22H32N4O2/c1-5-25(11-13-27)19-7-9-21(17(3)15-19)23-24-22-10-8-20(16-18(22)4)26(6-2)12-14-28/h7-10,15-16,27-28H,5-6,11-14H2,1-4H3. The minimum atomic E-state index is 0.136. The van der Waals surface area contributed by atoms with E-state index in [9.17, 15) is 10.2 Å². The predicted molar refractivity (Wildman–Crippen MR) is 116 cm³/mol. The molecule has 2 N–H and O–H groups in total. The van der Waals surface area contributed by atoms with Crippen molar-refractivity contribution in [2.45, 2.75) is 27.7 Å². The monoisotopic (exact) mass is 384 g/mol. The van der Waals surface area contributed by atoms with Gasteiger partial charge in [0.15, 0.2) is 0 Å². The molecule has 2 aromatic carbocycles. The zero-order valence-corrected chi connectivity index (χ0v) is 17.4. The van der Waals surface area contributed by atoms with E-state index in [1.54, 1.807) is 0 Å². The molecule has 0 unspecified atom stereocenters. The van der Waals surface area contributed by atoms with Gasteiger partial charge in [-0.3, -0.25) is 0 Å². The maximum Gasteiger partial charge on any atom is 0.0887 e. The predicted octanol–water partition coefficient (Wildman–Crippen LogP) is 4.36. The number of likely N-dealkylation sites (N-methyl/N-ethyl adjacent to an activating group) is 2. The van der Waals surface area contributed by atoms with Crippen LogP contribution in [0.4, 0.5) is 22.7 Å². The van der Waals surface area contributed by atoms with E-state index >= 15 is 0 Å². The minimum Gasteiger partial charge on any atom is -0.395 e. The maximum absolute atomic E-state index is 9.20. The normalized spacial score (nSPS) is 11.2. The first-order valence-electron chi connectivity index (χ1n) is 9.88. The Balaban J connectivity index is 2.19. The summed E-state index contributed by atoms with van der Waals surface area (Å²) in [6.45, 7) is 11.4. The molecule has 6 heteroatoms. The number of hydrogen-bond donors (Lipinski definition) is 2. The molecular formula is C22H32N4O2. The van der Waals surface area contributed by atoms with Gasteiger partial charge in [-0.2, -0.15) is 10.2 Å². The first-order chi connectivity index (χ1) is 13.5. The molecule has 0 radical (unpaired) electrons. The van der Waals surface area contributed by atoms with Crippen LogP contribution < -0.4 is 9.80 Å². The molecule has 0 aromatic heterocycles. The van der Waals surface area contributed by atoms with Crippen molar-refractivity contribution < 1.29 is 10.2 Å². The second kappa shape index (κ2) is 10.8. The van der Waals surface area contributed by atoms with Gasteiger partial charge in [-0.05, 0) is 75.2 Å². The van der Waals surface area contributed by atoms with Gasteiger partial charge in [0.1, 0.15) is 0 Å². The fourth-order valence-corrected chi connectivity index (χ4v) is 3.19. The van der Waals surface area contributed by atoms with Gasteiger partial charge in [0.2, 0.25) is 0 Å². The molecule has 0 saturated heterocycles. The molecule has 28 heavy (non-hydrogen) atoms. The molecule has 6 nitrogen and oxygen atoms in total. The molecule has 0 saturated carbocycles. The van der Waals surface area contributed by atoms with Crippen LogP contribution in [0.5, 0.6) is 0 Å². The highest BCUT2D eigenvalue weighted by atomic mass is 16.3. The Labute approximate surface area is 168 Å². The van der Waals surface area contributed by atoms with E-state index in [4.69, 9.17) is 0 Å². The lowest BCUT2D eigenvalue weighted by Crippen LogP contribution is -2.26. The van der Waals surface area contributed by atoms with Crippen molar-refractivity contribution in [3.05, 3.63) is 47.5 Å². The molecule has 0 aliphatic rings. The largest absolute Gasteiger partial charge is 0.395 e. The first kappa shape index (κ1) is 21.9. The molecular weight excluding hydrogens is 352 g/mol. The van der Waals surface area contributed by atoms with Crippen molar-refractivity contribution in [1.82, 2.24) is 0 Å². The Kier molecular flexibility index (Phi) is 8.42. The SMILES string of the molecule is CCN(CCO)c1ccc(N=Nc2ccc(N(CC)CCO)cc2C)c(C)c1. The first-order valence-corrected chi connectivity index (χ1v) is 9.88. The average Bonchev–Trinajstić information content (AvgIpc) is 2.70. The average molecular weight is 385 g/mol. The summed E-state index contributed by atoms with van der Waals surface area (Å²) >= 11 is 0. The van der Waals surface area contributed by atoms with E-state index in [2.05, 4.69) is 46.0 Å². The van der Waals surface area contributed by atoms with Gasteiger partial charge in [-0.25, -0.2) is 0 Å². The number of hydrogen-bond acceptors (Lipinski definition) is 6. The van der Waals surface area contributed by atoms with E-state index in [0.29, 0.717) is 13.1 Å². The van der Waals surface area contributed by atoms with E-state index in [1.165, 1.54) is 0 Å². The van der Waals surface area contributed by atoms with E-state index in [1.807, 2.05) is 38.1 Å². The quantitative estimate of drug-likeness (QED) is 0.597. The summed E-state index contributed by atoms with van der Waals surface area (Å²) < 4.78 is 0. The third-order valence-corrected chi connectivity index (χ3v) is 4.86. The second-order valence-electron chi connectivity index (χ2n) is 6.75. The van der Waals surface area contributed by atoms with Crippen molar-refractivity contribution >= 4 is 22.7 Å². The van der Waals surface area contributed by atoms with Crippen LogP contribution in [0, 0.1) is 13.8 Å². The Hall–Kier alpha value is -2.44. The molecule has 152 valence electrons. The van der Waals surface area contributed by atoms with Gasteiger partial charge in [-0.1, -0.05) is 0 Å². The molecule has 0 amide bonds. The summed E-state index contributed by atoms with van der Waals surface area (Å²) in [5, 5.41) is 27.3. The van der Waals surface area contributed by atoms with E-state index in [0.717, 1.165) is 47.0 Å². The van der Waals surface area contributed by atoms with Gasteiger partial charge in [0, 0.05) is 37.6 Å². The Morgan fingerprint density at radius 2 is 1.11 bits per heavy atom. The van der Waals surface area contributed by atoms with Crippen LogP contribution in [0.3, 0.4) is 0 Å². The lowest BCUT2D eigenvalue weighted by molar-refractivity contribution is 0.302. The number of aliphatic hydroxyl groups excluding tert-OH is 2. The van der Waals surface area contributed by atoms with Crippen LogP contribution in [0.1, 0.15) is 25.0 Å². The van der Waals surface area contributed by atoms with Crippen LogP contribution in [-0.4, -0.2) is 49.6 Å². The van der Waals surface area contributed by atoms with Crippen molar-refractivity contribution in [2.24, 2.45) is 10.2 Å². The summed E-state index contributed by atoms with van der Waals surface area (Å²) in [5.74, 6) is 0. The van der Waals surface area contributed by atoms with Gasteiger partial charge in [0.05, 0.1) is 24.6 Å². The molecule has 0 fully saturated rings. The summed E-state index contributed by atoms with van der Waals surface area (Å²) in [7, 11) is 0. The van der Waals surface area contributed by atoms with Gasteiger partial charge < -0.3 is 20.0 Å². The lowest BCUT2D eigenvalue weighted by atomic mass is 10.1. The summed E-state index contributed by atoms with van der Waals surface area (Å²) in [5.41, 5.74) is 5.93. The number of anilines is 2. The van der Waals surface area contributed by atoms with Crippen LogP contribution in [0.15, 0.2) is 46.6 Å². The number of benzene rings is 2. The highest BCUT2D eigenvalue weighted by Crippen LogP contribution is 2.29. The van der Waals surface area contributed by atoms with Crippen LogP contribution in [0.2, 0.25) is 0 Å². The summed E-state index contributed by atoms with van der Waals surface area (Å²) in [6, 6.07) is 12.1. The molecule has 2 rings (SSSR count). The summed E-state index contributed by atoms with van der Waals surface area (Å²) in [4.78, 5) is 4.26. The Morgan fingerprint density at radius 3 is 1.39 bits per heavy atom. The fraction of sp³-hybridized carbons (Fsp3) is 0.455. The van der Waals surface area contributed by atoms with Gasteiger partial charge in [0.25, 0.3) is 0 Å². The third kappa shape index (κ3) is 5.53. The van der Waals surface area contributed by atoms with Gasteiger partial charge in [-0.15, -0.1) is 0 Å². The Morgan fingerprint density at radius 1 is 0.714 bits per heavy atom. The number of aliphatic hydroxyl groups is 2. The summed E-state index contributed by atoms with van der Waals surface area (Å²) in [6.07, 6.45) is 0. The molecule has 0 bridgehead atoms. The smallest absolute Gasteiger partial charge is 0.0887 e. The lowest BCUT2D eigenvalue weighted by Gasteiger charge is -2.22. The van der Waals surface area contributed by atoms with Crippen molar-refractivity contribution in [2.75, 3.05) is 49.2 Å². The highest BCUT2D eigenvalue weighted by molar-refractivity contribution is 5.59. The van der Waals surface area contributed by atoms with Gasteiger partial charge >= 0.3 is 0 Å². The molecule has 0 atom stereocenters. The van der Waals surface area contributed by atoms with E-state index < -0.39 is 0 Å². The third-order valence-electron chi connectivity index (χ3n) is 4.86. The Bertz CT molecular complexity index is 727. The van der Waals surface area contributed by atoms with Crippen molar-refractivity contribution in [3.8, 4) is 0 Å². The van der Waals surface area contributed by atoms with Crippen LogP contribution in [0.25, 0.3) is 0 Å². The molecule has 0 spiro atoms. The number of nitrogens with zero attached hydrogens (tertiary/aromatic N) is 4. The minimum absolute atomic E-state index is 0.136. The molecule has 2 aromatic rings. The highest BCUT2D eigenvalue weighted by Gasteiger charge is 2.08. The van der Waals surface area contributed by atoms with Crippen LogP contribution >= 0.6 is 0 Å². The zero-order valence-electron chi connectivity index (χ0n) is 17.4. The van der Waals surface area contributed by atoms with Crippen LogP contribution in [-0.2, 0) is 0 Å². The topological polar surface area (TPSA) is 71.7 Å². The number of rotatable bonds is 10.